The fraction of sp³-hybridized carbons (Fsp3) is 0.429. The summed E-state index contributed by atoms with van der Waals surface area (Å²) in [6.45, 7) is 2.01. The van der Waals surface area contributed by atoms with Crippen LogP contribution in [0.1, 0.15) is 40.7 Å². The zero-order valence-electron chi connectivity index (χ0n) is 11.7. The molecule has 4 nitrogen and oxygen atoms in total. The normalized spacial score (nSPS) is 21.0. The van der Waals surface area contributed by atoms with E-state index in [9.17, 15) is 13.2 Å². The van der Waals surface area contributed by atoms with Gasteiger partial charge in [0.25, 0.3) is 0 Å². The van der Waals surface area contributed by atoms with Gasteiger partial charge in [-0.1, -0.05) is 6.92 Å². The average Bonchev–Trinajstić information content (AvgIpc) is 3.11. The summed E-state index contributed by atoms with van der Waals surface area (Å²) in [5.41, 5.74) is 0.131. The second-order valence-electron chi connectivity index (χ2n) is 5.11. The van der Waals surface area contributed by atoms with Gasteiger partial charge in [-0.2, -0.15) is 23.5 Å². The predicted molar refractivity (Wildman–Crippen MR) is 76.7 cm³/mol. The lowest BCUT2D eigenvalue weighted by Crippen LogP contribution is -2.35. The maximum absolute atomic E-state index is 13.3. The summed E-state index contributed by atoms with van der Waals surface area (Å²) in [7, 11) is 0. The van der Waals surface area contributed by atoms with Crippen molar-refractivity contribution in [2.75, 3.05) is 5.32 Å². The molecule has 0 saturated heterocycles. The Morgan fingerprint density at radius 2 is 2.27 bits per heavy atom. The largest absolute Gasteiger partial charge is 0.410 e. The highest BCUT2D eigenvalue weighted by atomic mass is 32.1. The molecule has 116 valence electrons. The highest BCUT2D eigenvalue weighted by molar-refractivity contribution is 7.12. The Bertz CT molecular complexity index is 725. The van der Waals surface area contributed by atoms with Gasteiger partial charge in [-0.3, -0.25) is 0 Å². The molecule has 0 spiro atoms. The van der Waals surface area contributed by atoms with E-state index < -0.39 is 18.3 Å². The van der Waals surface area contributed by atoms with Crippen LogP contribution in [0.15, 0.2) is 18.3 Å². The molecule has 1 aliphatic heterocycles. The Morgan fingerprint density at radius 3 is 2.86 bits per heavy atom. The average molecular weight is 326 g/mol. The highest BCUT2D eigenvalue weighted by Crippen LogP contribution is 2.45. The van der Waals surface area contributed by atoms with Crippen LogP contribution in [-0.4, -0.2) is 16.0 Å². The van der Waals surface area contributed by atoms with E-state index in [1.54, 1.807) is 0 Å². The summed E-state index contributed by atoms with van der Waals surface area (Å²) in [5.74, 6) is 0.146. The van der Waals surface area contributed by atoms with Crippen molar-refractivity contribution >= 4 is 17.2 Å². The molecule has 0 fully saturated rings. The van der Waals surface area contributed by atoms with Crippen LogP contribution in [0.4, 0.5) is 19.0 Å². The van der Waals surface area contributed by atoms with Gasteiger partial charge in [0, 0.05) is 16.2 Å². The molecule has 0 aromatic carbocycles. The number of nitrogens with zero attached hydrogens (tertiary/aromatic N) is 3. The standard InChI is InChI=1S/C14H13F3N4S/c1-2-9-3-4-11(22-9)10-5-12(14(15,16)17)21-13(20-10)8(6-18)7-19-21/h3-4,7,10,12,20H,2,5H2,1H3/t10-,12+/m0/s1. The van der Waals surface area contributed by atoms with Crippen LogP contribution in [0.2, 0.25) is 0 Å². The molecule has 1 aliphatic rings. The molecule has 2 aromatic rings. The topological polar surface area (TPSA) is 53.6 Å². The van der Waals surface area contributed by atoms with E-state index in [0.717, 1.165) is 20.9 Å². The third-order valence-electron chi connectivity index (χ3n) is 3.73. The summed E-state index contributed by atoms with van der Waals surface area (Å²) < 4.78 is 40.9. The van der Waals surface area contributed by atoms with Gasteiger partial charge in [0.15, 0.2) is 6.04 Å². The molecule has 0 amide bonds. The number of thiophene rings is 1. The van der Waals surface area contributed by atoms with E-state index in [2.05, 4.69) is 10.4 Å². The first-order valence-electron chi connectivity index (χ1n) is 6.83. The number of aryl methyl sites for hydroxylation is 1. The molecule has 0 unspecified atom stereocenters. The van der Waals surface area contributed by atoms with Gasteiger partial charge in [-0.25, -0.2) is 4.68 Å². The number of halogens is 3. The summed E-state index contributed by atoms with van der Waals surface area (Å²) in [4.78, 5) is 1.97. The van der Waals surface area contributed by atoms with Crippen LogP contribution < -0.4 is 5.32 Å². The number of hydrogen-bond donors (Lipinski definition) is 1. The Morgan fingerprint density at radius 1 is 1.50 bits per heavy atom. The van der Waals surface area contributed by atoms with Crippen molar-refractivity contribution in [3.63, 3.8) is 0 Å². The predicted octanol–water partition coefficient (Wildman–Crippen LogP) is 4.04. The third-order valence-corrected chi connectivity index (χ3v) is 5.08. The smallest absolute Gasteiger partial charge is 0.361 e. The maximum atomic E-state index is 13.3. The highest BCUT2D eigenvalue weighted by Gasteiger charge is 2.47. The van der Waals surface area contributed by atoms with Crippen molar-refractivity contribution < 1.29 is 13.2 Å². The van der Waals surface area contributed by atoms with Crippen LogP contribution in [0.5, 0.6) is 0 Å². The molecule has 3 rings (SSSR count). The Kier molecular flexibility index (Phi) is 3.60. The number of anilines is 1. The summed E-state index contributed by atoms with van der Waals surface area (Å²) in [6.07, 6.45) is -2.51. The quantitative estimate of drug-likeness (QED) is 0.906. The van der Waals surface area contributed by atoms with Crippen LogP contribution in [-0.2, 0) is 6.42 Å². The van der Waals surface area contributed by atoms with Crippen LogP contribution in [0.25, 0.3) is 0 Å². The van der Waals surface area contributed by atoms with Gasteiger partial charge in [-0.15, -0.1) is 11.3 Å². The maximum Gasteiger partial charge on any atom is 0.410 e. The van der Waals surface area contributed by atoms with E-state index in [4.69, 9.17) is 5.26 Å². The second-order valence-corrected chi connectivity index (χ2v) is 6.31. The molecule has 0 aliphatic carbocycles. The summed E-state index contributed by atoms with van der Waals surface area (Å²) >= 11 is 1.50. The van der Waals surface area contributed by atoms with Crippen LogP contribution in [0, 0.1) is 11.3 Å². The summed E-state index contributed by atoms with van der Waals surface area (Å²) in [6, 6.07) is 3.49. The lowest BCUT2D eigenvalue weighted by atomic mass is 10.0. The molecular weight excluding hydrogens is 313 g/mol. The SMILES string of the molecule is CCc1ccc([C@@H]2C[C@H](C(F)(F)F)n3ncc(C#N)c3N2)s1. The number of hydrogen-bond acceptors (Lipinski definition) is 4. The fourth-order valence-electron chi connectivity index (χ4n) is 2.60. The minimum atomic E-state index is -4.40. The van der Waals surface area contributed by atoms with Crippen LogP contribution in [0.3, 0.4) is 0 Å². The van der Waals surface area contributed by atoms with Gasteiger partial charge in [-0.05, 0) is 18.6 Å². The number of nitriles is 1. The third kappa shape index (κ3) is 2.46. The zero-order chi connectivity index (χ0) is 15.9. The van der Waals surface area contributed by atoms with Crippen LogP contribution >= 0.6 is 11.3 Å². The van der Waals surface area contributed by atoms with Crippen molar-refractivity contribution in [3.8, 4) is 6.07 Å². The first-order chi connectivity index (χ1) is 10.4. The molecule has 8 heteroatoms. The number of rotatable bonds is 2. The molecule has 0 saturated carbocycles. The van der Waals surface area contributed by atoms with Crippen molar-refractivity contribution in [2.45, 2.75) is 38.0 Å². The second kappa shape index (κ2) is 5.32. The van der Waals surface area contributed by atoms with Crippen molar-refractivity contribution in [1.29, 1.82) is 5.26 Å². The zero-order valence-corrected chi connectivity index (χ0v) is 12.5. The first-order valence-corrected chi connectivity index (χ1v) is 7.65. The van der Waals surface area contributed by atoms with Crippen molar-refractivity contribution in [3.05, 3.63) is 33.6 Å². The molecular formula is C14H13F3N4S. The van der Waals surface area contributed by atoms with Crippen molar-refractivity contribution in [2.24, 2.45) is 0 Å². The van der Waals surface area contributed by atoms with Gasteiger partial charge in [0.2, 0.25) is 0 Å². The molecule has 0 bridgehead atoms. The first kappa shape index (κ1) is 14.9. The van der Waals surface area contributed by atoms with Gasteiger partial charge >= 0.3 is 6.18 Å². The Labute approximate surface area is 129 Å². The van der Waals surface area contributed by atoms with Gasteiger partial charge in [0.05, 0.1) is 12.2 Å². The number of fused-ring (bicyclic) bond motifs is 1. The summed E-state index contributed by atoms with van der Waals surface area (Å²) in [5, 5.41) is 15.8. The van der Waals surface area contributed by atoms with Gasteiger partial charge < -0.3 is 5.32 Å². The lowest BCUT2D eigenvalue weighted by Gasteiger charge is -2.33. The Balaban J connectivity index is 2.01. The molecule has 0 radical (unpaired) electrons. The molecule has 2 aromatic heterocycles. The lowest BCUT2D eigenvalue weighted by molar-refractivity contribution is -0.173. The molecule has 22 heavy (non-hydrogen) atoms. The number of aromatic nitrogens is 2. The number of alkyl halides is 3. The number of nitrogens with one attached hydrogen (secondary N) is 1. The van der Waals surface area contributed by atoms with E-state index >= 15 is 0 Å². The molecule has 2 atom stereocenters. The monoisotopic (exact) mass is 326 g/mol. The van der Waals surface area contributed by atoms with E-state index in [-0.39, 0.29) is 17.8 Å². The van der Waals surface area contributed by atoms with E-state index in [0.29, 0.717) is 0 Å². The van der Waals surface area contributed by atoms with E-state index in [1.807, 2.05) is 25.1 Å². The van der Waals surface area contributed by atoms with E-state index in [1.165, 1.54) is 17.5 Å². The minimum absolute atomic E-state index is 0.131. The Hall–Kier alpha value is -2.01. The molecule has 1 N–H and O–H groups in total. The minimum Gasteiger partial charge on any atom is -0.361 e. The van der Waals surface area contributed by atoms with Crippen molar-refractivity contribution in [1.82, 2.24) is 9.78 Å². The molecule has 3 heterocycles. The van der Waals surface area contributed by atoms with Gasteiger partial charge in [0.1, 0.15) is 17.5 Å². The fourth-order valence-corrected chi connectivity index (χ4v) is 3.62.